The number of thiocarbonyl (C=S) groups is 1. The van der Waals surface area contributed by atoms with E-state index in [1.807, 2.05) is 31.2 Å². The van der Waals surface area contributed by atoms with Crippen LogP contribution < -0.4 is 20.7 Å². The fraction of sp³-hybridized carbons (Fsp3) is 0.348. The van der Waals surface area contributed by atoms with E-state index in [0.29, 0.717) is 29.5 Å². The molecule has 0 unspecified atom stereocenters. The predicted molar refractivity (Wildman–Crippen MR) is 125 cm³/mol. The number of carbonyl (C=O) groups is 2. The number of rotatable bonds is 9. The number of benzene rings is 2. The van der Waals surface area contributed by atoms with Gasteiger partial charge in [-0.1, -0.05) is 45.4 Å². The Kier molecular flexibility index (Phi) is 9.28. The van der Waals surface area contributed by atoms with Crippen molar-refractivity contribution in [2.24, 2.45) is 0 Å². The van der Waals surface area contributed by atoms with Crippen LogP contribution in [0, 0.1) is 0 Å². The number of unbranched alkanes of at least 4 members (excludes halogenated alkanes) is 1. The second kappa shape index (κ2) is 11.9. The quantitative estimate of drug-likeness (QED) is 0.500. The Morgan fingerprint density at radius 3 is 2.30 bits per heavy atom. The number of ether oxygens (including phenoxy) is 1. The van der Waals surface area contributed by atoms with Gasteiger partial charge in [-0.05, 0) is 60.5 Å². The predicted octanol–water partition coefficient (Wildman–Crippen LogP) is 4.83. The number of hydrogen-bond donors (Lipinski definition) is 3. The fourth-order valence-corrected chi connectivity index (χ4v) is 2.89. The van der Waals surface area contributed by atoms with Crippen molar-refractivity contribution in [3.8, 4) is 5.75 Å². The monoisotopic (exact) mass is 427 g/mol. The van der Waals surface area contributed by atoms with Gasteiger partial charge in [0, 0.05) is 17.8 Å². The molecule has 0 atom stereocenters. The van der Waals surface area contributed by atoms with E-state index in [2.05, 4.69) is 29.8 Å². The van der Waals surface area contributed by atoms with Gasteiger partial charge in [-0.15, -0.1) is 0 Å². The Bertz CT molecular complexity index is 866. The molecular weight excluding hydrogens is 398 g/mol. The zero-order valence-electron chi connectivity index (χ0n) is 17.7. The van der Waals surface area contributed by atoms with Crippen molar-refractivity contribution in [1.29, 1.82) is 0 Å². The van der Waals surface area contributed by atoms with E-state index in [9.17, 15) is 9.59 Å². The Morgan fingerprint density at radius 2 is 1.67 bits per heavy atom. The molecule has 6 nitrogen and oxygen atoms in total. The molecule has 0 saturated carbocycles. The Hall–Kier alpha value is -2.93. The molecule has 160 valence electrons. The standard InChI is InChI=1S/C23H29N3O3S/c1-4-5-9-21(27)24-18-7-6-8-19(14-18)25-23(30)26-22(28)15-29-20-12-10-17(11-13-20)16(2)3/h6-8,10-14,16H,4-5,9,15H2,1-3H3,(H,24,27)(H2,25,26,28,30). The lowest BCUT2D eigenvalue weighted by molar-refractivity contribution is -0.121. The lowest BCUT2D eigenvalue weighted by Crippen LogP contribution is -2.37. The molecule has 0 aromatic heterocycles. The zero-order valence-corrected chi connectivity index (χ0v) is 18.5. The third-order valence-corrected chi connectivity index (χ3v) is 4.54. The molecule has 0 heterocycles. The summed E-state index contributed by atoms with van der Waals surface area (Å²) in [6.07, 6.45) is 2.31. The van der Waals surface area contributed by atoms with Crippen molar-refractivity contribution in [1.82, 2.24) is 5.32 Å². The van der Waals surface area contributed by atoms with Crippen molar-refractivity contribution in [2.45, 2.75) is 46.0 Å². The van der Waals surface area contributed by atoms with E-state index < -0.39 is 0 Å². The second-order valence-electron chi connectivity index (χ2n) is 7.25. The van der Waals surface area contributed by atoms with E-state index in [-0.39, 0.29) is 23.5 Å². The van der Waals surface area contributed by atoms with E-state index in [0.717, 1.165) is 12.8 Å². The average Bonchev–Trinajstić information content (AvgIpc) is 2.71. The first-order valence-electron chi connectivity index (χ1n) is 10.1. The number of amides is 2. The summed E-state index contributed by atoms with van der Waals surface area (Å²) in [5, 5.41) is 8.54. The van der Waals surface area contributed by atoms with Gasteiger partial charge in [0.05, 0.1) is 0 Å². The Labute approximate surface area is 183 Å². The van der Waals surface area contributed by atoms with E-state index >= 15 is 0 Å². The van der Waals surface area contributed by atoms with Crippen LogP contribution in [0.2, 0.25) is 0 Å². The van der Waals surface area contributed by atoms with Crippen LogP contribution in [0.25, 0.3) is 0 Å². The first-order chi connectivity index (χ1) is 14.4. The molecule has 0 saturated heterocycles. The van der Waals surface area contributed by atoms with Crippen LogP contribution in [-0.2, 0) is 9.59 Å². The van der Waals surface area contributed by atoms with Gasteiger partial charge in [-0.25, -0.2) is 0 Å². The van der Waals surface area contributed by atoms with E-state index in [1.54, 1.807) is 24.3 Å². The van der Waals surface area contributed by atoms with Crippen molar-refractivity contribution >= 4 is 40.5 Å². The van der Waals surface area contributed by atoms with Crippen LogP contribution in [0.3, 0.4) is 0 Å². The van der Waals surface area contributed by atoms with Gasteiger partial charge in [0.25, 0.3) is 5.91 Å². The highest BCUT2D eigenvalue weighted by atomic mass is 32.1. The highest BCUT2D eigenvalue weighted by molar-refractivity contribution is 7.80. The minimum Gasteiger partial charge on any atom is -0.484 e. The molecular formula is C23H29N3O3S. The topological polar surface area (TPSA) is 79.5 Å². The zero-order chi connectivity index (χ0) is 21.9. The molecule has 0 aliphatic rings. The molecule has 2 amide bonds. The van der Waals surface area contributed by atoms with Crippen LogP contribution >= 0.6 is 12.2 Å². The van der Waals surface area contributed by atoms with Crippen molar-refractivity contribution < 1.29 is 14.3 Å². The highest BCUT2D eigenvalue weighted by Crippen LogP contribution is 2.18. The van der Waals surface area contributed by atoms with Gasteiger partial charge in [-0.3, -0.25) is 14.9 Å². The van der Waals surface area contributed by atoms with Crippen LogP contribution in [0.15, 0.2) is 48.5 Å². The third kappa shape index (κ3) is 8.21. The molecule has 0 spiro atoms. The average molecular weight is 428 g/mol. The minimum atomic E-state index is -0.357. The molecule has 2 rings (SSSR count). The first-order valence-corrected chi connectivity index (χ1v) is 10.5. The van der Waals surface area contributed by atoms with E-state index in [1.165, 1.54) is 5.56 Å². The van der Waals surface area contributed by atoms with Gasteiger partial charge in [0.15, 0.2) is 11.7 Å². The number of carbonyl (C=O) groups excluding carboxylic acids is 2. The molecule has 2 aromatic rings. The maximum Gasteiger partial charge on any atom is 0.264 e. The summed E-state index contributed by atoms with van der Waals surface area (Å²) in [6, 6.07) is 14.8. The molecule has 7 heteroatoms. The van der Waals surface area contributed by atoms with Gasteiger partial charge < -0.3 is 15.4 Å². The van der Waals surface area contributed by atoms with Crippen LogP contribution in [0.4, 0.5) is 11.4 Å². The Balaban J connectivity index is 1.79. The summed E-state index contributed by atoms with van der Waals surface area (Å²) in [4.78, 5) is 23.9. The summed E-state index contributed by atoms with van der Waals surface area (Å²) in [5.41, 5.74) is 2.54. The largest absolute Gasteiger partial charge is 0.484 e. The van der Waals surface area contributed by atoms with Crippen LogP contribution in [0.1, 0.15) is 51.5 Å². The van der Waals surface area contributed by atoms with Crippen molar-refractivity contribution in [2.75, 3.05) is 17.2 Å². The maximum atomic E-state index is 12.1. The van der Waals surface area contributed by atoms with Crippen LogP contribution in [-0.4, -0.2) is 23.5 Å². The molecule has 2 aromatic carbocycles. The van der Waals surface area contributed by atoms with Gasteiger partial charge >= 0.3 is 0 Å². The molecule has 0 radical (unpaired) electrons. The van der Waals surface area contributed by atoms with Gasteiger partial charge in [0.2, 0.25) is 5.91 Å². The van der Waals surface area contributed by atoms with Gasteiger partial charge in [0.1, 0.15) is 5.75 Å². The molecule has 30 heavy (non-hydrogen) atoms. The molecule has 3 N–H and O–H groups in total. The number of nitrogens with one attached hydrogen (secondary N) is 3. The van der Waals surface area contributed by atoms with Gasteiger partial charge in [-0.2, -0.15) is 0 Å². The molecule has 0 fully saturated rings. The summed E-state index contributed by atoms with van der Waals surface area (Å²) < 4.78 is 5.50. The molecule has 0 aliphatic carbocycles. The molecule has 0 bridgehead atoms. The maximum absolute atomic E-state index is 12.1. The van der Waals surface area contributed by atoms with Crippen molar-refractivity contribution in [3.63, 3.8) is 0 Å². The molecule has 0 aliphatic heterocycles. The summed E-state index contributed by atoms with van der Waals surface area (Å²) in [6.45, 7) is 6.14. The van der Waals surface area contributed by atoms with Crippen molar-refractivity contribution in [3.05, 3.63) is 54.1 Å². The smallest absolute Gasteiger partial charge is 0.264 e. The third-order valence-electron chi connectivity index (χ3n) is 4.33. The summed E-state index contributed by atoms with van der Waals surface area (Å²) >= 11 is 5.19. The lowest BCUT2D eigenvalue weighted by atomic mass is 10.0. The summed E-state index contributed by atoms with van der Waals surface area (Å²) in [5.74, 6) is 0.682. The highest BCUT2D eigenvalue weighted by Gasteiger charge is 2.08. The lowest BCUT2D eigenvalue weighted by Gasteiger charge is -2.12. The normalized spacial score (nSPS) is 10.4. The fourth-order valence-electron chi connectivity index (χ4n) is 2.66. The number of hydrogen-bond acceptors (Lipinski definition) is 4. The second-order valence-corrected chi connectivity index (χ2v) is 7.66. The minimum absolute atomic E-state index is 0.0246. The number of anilines is 2. The van der Waals surface area contributed by atoms with Crippen LogP contribution in [0.5, 0.6) is 5.75 Å². The van der Waals surface area contributed by atoms with E-state index in [4.69, 9.17) is 17.0 Å². The Morgan fingerprint density at radius 1 is 1.00 bits per heavy atom. The summed E-state index contributed by atoms with van der Waals surface area (Å²) in [7, 11) is 0. The first kappa shape index (κ1) is 23.3. The SMILES string of the molecule is CCCCC(=O)Nc1cccc(NC(=S)NC(=O)COc2ccc(C(C)C)cc2)c1.